The van der Waals surface area contributed by atoms with Crippen molar-refractivity contribution in [1.82, 2.24) is 14.3 Å². The molecule has 1 aliphatic rings. The molecule has 0 amide bonds. The van der Waals surface area contributed by atoms with E-state index in [1.807, 2.05) is 0 Å². The summed E-state index contributed by atoms with van der Waals surface area (Å²) in [6.07, 6.45) is 0. The van der Waals surface area contributed by atoms with Gasteiger partial charge in [-0.05, 0) is 54.1 Å². The van der Waals surface area contributed by atoms with Crippen molar-refractivity contribution in [3.63, 3.8) is 0 Å². The molecule has 0 N–H and O–H groups in total. The van der Waals surface area contributed by atoms with Crippen LogP contribution in [0.2, 0.25) is 0 Å². The Morgan fingerprint density at radius 3 is 1.98 bits per heavy atom. The van der Waals surface area contributed by atoms with E-state index in [1.54, 1.807) is 0 Å². The summed E-state index contributed by atoms with van der Waals surface area (Å²) in [6.45, 7) is 14.5. The Hall–Kier alpha value is -5.29. The molecule has 240 valence electrons. The van der Waals surface area contributed by atoms with Gasteiger partial charge in [-0.25, -0.2) is 4.68 Å². The lowest BCUT2D eigenvalue weighted by atomic mass is 9.81. The molecule has 7 aromatic rings. The molecule has 5 aromatic carbocycles. The molecule has 0 fully saturated rings. The summed E-state index contributed by atoms with van der Waals surface area (Å²) in [5.41, 5.74) is 12.7. The SMILES string of the molecule is CN1CN(c2cccc(-n3c4ccccc4c4ccc(-n5nc(C(C)(C)C)c(-c6ccccc6)c5C(C)(C)C)cc43)c2)c2ccccc21. The monoisotopic (exact) mass is 629 g/mol. The molecule has 5 nitrogen and oxygen atoms in total. The van der Waals surface area contributed by atoms with Gasteiger partial charge >= 0.3 is 0 Å². The zero-order chi connectivity index (χ0) is 33.4. The Morgan fingerprint density at radius 2 is 1.23 bits per heavy atom. The summed E-state index contributed by atoms with van der Waals surface area (Å²) in [5.74, 6) is 0. The van der Waals surface area contributed by atoms with Gasteiger partial charge in [0.25, 0.3) is 0 Å². The van der Waals surface area contributed by atoms with Crippen LogP contribution in [0, 0.1) is 0 Å². The number of anilines is 3. The molecule has 0 saturated carbocycles. The Morgan fingerprint density at radius 1 is 0.562 bits per heavy atom. The zero-order valence-corrected chi connectivity index (χ0v) is 29.0. The number of rotatable bonds is 4. The molecule has 8 rings (SSSR count). The maximum Gasteiger partial charge on any atom is 0.0950 e. The van der Waals surface area contributed by atoms with Gasteiger partial charge in [-0.15, -0.1) is 0 Å². The lowest BCUT2D eigenvalue weighted by Gasteiger charge is -2.24. The predicted molar refractivity (Wildman–Crippen MR) is 203 cm³/mol. The van der Waals surface area contributed by atoms with Crippen LogP contribution in [0.3, 0.4) is 0 Å². The van der Waals surface area contributed by atoms with Gasteiger partial charge in [-0.3, -0.25) is 0 Å². The fraction of sp³-hybridized carbons (Fsp3) is 0.233. The number of benzene rings is 5. The molecule has 1 aliphatic heterocycles. The van der Waals surface area contributed by atoms with E-state index >= 15 is 0 Å². The van der Waals surface area contributed by atoms with Crippen LogP contribution in [-0.2, 0) is 10.8 Å². The molecule has 0 atom stereocenters. The second-order valence-corrected chi connectivity index (χ2v) is 15.2. The normalized spacial score (nSPS) is 13.6. The molecule has 0 unspecified atom stereocenters. The topological polar surface area (TPSA) is 29.2 Å². The molecule has 3 heterocycles. The van der Waals surface area contributed by atoms with Crippen molar-refractivity contribution in [2.24, 2.45) is 0 Å². The van der Waals surface area contributed by atoms with Crippen molar-refractivity contribution in [3.8, 4) is 22.5 Å². The molecule has 0 spiro atoms. The summed E-state index contributed by atoms with van der Waals surface area (Å²) in [7, 11) is 2.16. The van der Waals surface area contributed by atoms with Gasteiger partial charge < -0.3 is 14.4 Å². The summed E-state index contributed by atoms with van der Waals surface area (Å²) >= 11 is 0. The molecular weight excluding hydrogens is 587 g/mol. The first kappa shape index (κ1) is 30.1. The van der Waals surface area contributed by atoms with Crippen molar-refractivity contribution >= 4 is 38.9 Å². The highest BCUT2D eigenvalue weighted by Gasteiger charge is 2.33. The number of fused-ring (bicyclic) bond motifs is 4. The van der Waals surface area contributed by atoms with Crippen LogP contribution in [0.25, 0.3) is 44.3 Å². The van der Waals surface area contributed by atoms with E-state index in [2.05, 4.69) is 189 Å². The number of para-hydroxylation sites is 3. The predicted octanol–water partition coefficient (Wildman–Crippen LogP) is 10.8. The maximum atomic E-state index is 5.45. The van der Waals surface area contributed by atoms with Crippen molar-refractivity contribution in [2.75, 3.05) is 23.5 Å². The standard InChI is InChI=1S/C43H43N5/c1-42(2,3)40-39(29-16-9-8-10-17-29)41(43(4,5)6)48(44-40)32-24-25-34-33-20-11-12-21-35(33)47(38(34)27-32)31-19-15-18-30(26-31)46-28-45(7)36-22-13-14-23-37(36)46/h8-27H,28H2,1-7H3. The summed E-state index contributed by atoms with van der Waals surface area (Å²) in [5, 5.41) is 7.92. The van der Waals surface area contributed by atoms with Crippen molar-refractivity contribution < 1.29 is 0 Å². The first-order valence-electron chi connectivity index (χ1n) is 16.9. The average Bonchev–Trinajstić information content (AvgIpc) is 3.75. The van der Waals surface area contributed by atoms with Crippen LogP contribution >= 0.6 is 0 Å². The van der Waals surface area contributed by atoms with Crippen LogP contribution in [-0.4, -0.2) is 28.1 Å². The maximum absolute atomic E-state index is 5.45. The molecule has 5 heteroatoms. The van der Waals surface area contributed by atoms with E-state index in [1.165, 1.54) is 55.7 Å². The van der Waals surface area contributed by atoms with Gasteiger partial charge in [-0.1, -0.05) is 114 Å². The third-order valence-electron chi connectivity index (χ3n) is 9.61. The smallest absolute Gasteiger partial charge is 0.0950 e. The minimum atomic E-state index is -0.156. The molecule has 0 radical (unpaired) electrons. The van der Waals surface area contributed by atoms with E-state index in [0.29, 0.717) is 0 Å². The largest absolute Gasteiger partial charge is 0.355 e. The third kappa shape index (κ3) is 4.79. The van der Waals surface area contributed by atoms with Crippen LogP contribution in [0.5, 0.6) is 0 Å². The zero-order valence-electron chi connectivity index (χ0n) is 29.0. The molecule has 2 aromatic heterocycles. The van der Waals surface area contributed by atoms with Crippen LogP contribution in [0.1, 0.15) is 52.9 Å². The fourth-order valence-corrected chi connectivity index (χ4v) is 7.47. The summed E-state index contributed by atoms with van der Waals surface area (Å²) < 4.78 is 4.64. The fourth-order valence-electron chi connectivity index (χ4n) is 7.47. The van der Waals surface area contributed by atoms with Gasteiger partial charge in [0.1, 0.15) is 0 Å². The second kappa shape index (κ2) is 10.9. The highest BCUT2D eigenvalue weighted by Crippen LogP contribution is 2.43. The van der Waals surface area contributed by atoms with Crippen molar-refractivity contribution in [3.05, 3.63) is 133 Å². The molecule has 48 heavy (non-hydrogen) atoms. The van der Waals surface area contributed by atoms with Crippen LogP contribution < -0.4 is 9.80 Å². The highest BCUT2D eigenvalue weighted by atomic mass is 15.4. The molecule has 0 bridgehead atoms. The highest BCUT2D eigenvalue weighted by molar-refractivity contribution is 6.09. The Kier molecular flexibility index (Phi) is 6.82. The van der Waals surface area contributed by atoms with E-state index in [-0.39, 0.29) is 10.8 Å². The minimum absolute atomic E-state index is 0.141. The van der Waals surface area contributed by atoms with E-state index in [9.17, 15) is 0 Å². The minimum Gasteiger partial charge on any atom is -0.355 e. The van der Waals surface area contributed by atoms with E-state index in [0.717, 1.165) is 23.7 Å². The number of aromatic nitrogens is 3. The Balaban J connectivity index is 1.36. The first-order valence-corrected chi connectivity index (χ1v) is 16.9. The van der Waals surface area contributed by atoms with Crippen molar-refractivity contribution in [1.29, 1.82) is 0 Å². The van der Waals surface area contributed by atoms with Gasteiger partial charge in [0.15, 0.2) is 0 Å². The lowest BCUT2D eigenvalue weighted by molar-refractivity contribution is 0.537. The number of hydrogen-bond donors (Lipinski definition) is 0. The third-order valence-corrected chi connectivity index (χ3v) is 9.61. The Labute approximate surface area is 283 Å². The van der Waals surface area contributed by atoms with Gasteiger partial charge in [0, 0.05) is 45.6 Å². The number of hydrogen-bond acceptors (Lipinski definition) is 3. The average molecular weight is 630 g/mol. The summed E-state index contributed by atoms with van der Waals surface area (Å²) in [6, 6.07) is 44.0. The van der Waals surface area contributed by atoms with Crippen LogP contribution in [0.15, 0.2) is 121 Å². The molecule has 0 saturated heterocycles. The van der Waals surface area contributed by atoms with E-state index in [4.69, 9.17) is 5.10 Å². The second-order valence-electron chi connectivity index (χ2n) is 15.2. The van der Waals surface area contributed by atoms with Crippen LogP contribution in [0.4, 0.5) is 17.1 Å². The summed E-state index contributed by atoms with van der Waals surface area (Å²) in [4.78, 5) is 4.71. The lowest BCUT2D eigenvalue weighted by Crippen LogP contribution is -2.24. The van der Waals surface area contributed by atoms with Gasteiger partial charge in [0.2, 0.25) is 0 Å². The Bertz CT molecular complexity index is 2310. The first-order chi connectivity index (χ1) is 23.0. The quantitative estimate of drug-likeness (QED) is 0.194. The molecule has 0 aliphatic carbocycles. The van der Waals surface area contributed by atoms with Crippen molar-refractivity contribution in [2.45, 2.75) is 52.4 Å². The molecular formula is C43H43N5. The van der Waals surface area contributed by atoms with Gasteiger partial charge in [0.05, 0.1) is 46.2 Å². The number of nitrogens with zero attached hydrogens (tertiary/aromatic N) is 5. The van der Waals surface area contributed by atoms with E-state index < -0.39 is 0 Å². The van der Waals surface area contributed by atoms with Gasteiger partial charge in [-0.2, -0.15) is 5.10 Å².